The van der Waals surface area contributed by atoms with Crippen molar-refractivity contribution in [2.24, 2.45) is 28.2 Å². The maximum Gasteiger partial charge on any atom is 0.415 e. The molecule has 0 aliphatic carbocycles. The normalized spacial score (nSPS) is 12.6. The third kappa shape index (κ3) is 8.41. The zero-order valence-electron chi connectivity index (χ0n) is 25.4. The number of carbonyl (C=O) groups is 2. The fraction of sp³-hybridized carbons (Fsp3) is 0.200. The number of guanidine groups is 2. The number of nitrogens with one attached hydrogen (secondary N) is 1. The second-order valence-corrected chi connectivity index (χ2v) is 10.8. The van der Waals surface area contributed by atoms with Crippen LogP contribution in [0.3, 0.4) is 0 Å². The molecule has 1 unspecified atom stereocenters. The number of hydrazone groups is 1. The van der Waals surface area contributed by atoms with Crippen LogP contribution in [0.2, 0.25) is 0 Å². The molecule has 4 aromatic carbocycles. The fourth-order valence-corrected chi connectivity index (χ4v) is 5.46. The molecule has 4 aromatic rings. The number of nitrogens with two attached hydrogens (primary N) is 3. The average Bonchev–Trinajstić information content (AvgIpc) is 3.06. The number of rotatable bonds is 14. The molecule has 0 saturated heterocycles. The Balaban J connectivity index is 1.79. The van der Waals surface area contributed by atoms with E-state index in [-0.39, 0.29) is 43.8 Å². The number of nitrogens with zero attached hydrogens (tertiary/aromatic N) is 3. The van der Waals surface area contributed by atoms with Crippen LogP contribution in [0, 0.1) is 11.3 Å². The Bertz CT molecular complexity index is 1600. The van der Waals surface area contributed by atoms with Crippen LogP contribution in [-0.2, 0) is 28.1 Å². The lowest BCUT2D eigenvalue weighted by Gasteiger charge is -2.41. The molecule has 238 valence electrons. The molecular formula is C35H39N7O4. The van der Waals surface area contributed by atoms with Gasteiger partial charge in [-0.25, -0.2) is 14.6 Å². The zero-order chi connectivity index (χ0) is 32.9. The van der Waals surface area contributed by atoms with Crippen molar-refractivity contribution in [1.82, 2.24) is 5.01 Å². The lowest BCUT2D eigenvalue weighted by Crippen LogP contribution is -2.55. The van der Waals surface area contributed by atoms with Crippen molar-refractivity contribution in [3.63, 3.8) is 0 Å². The third-order valence-corrected chi connectivity index (χ3v) is 7.62. The minimum absolute atomic E-state index is 0.0211. The van der Waals surface area contributed by atoms with E-state index in [9.17, 15) is 14.7 Å². The number of para-hydroxylation sites is 1. The van der Waals surface area contributed by atoms with Crippen molar-refractivity contribution in [3.05, 3.63) is 138 Å². The van der Waals surface area contributed by atoms with Crippen LogP contribution < -0.4 is 22.1 Å². The molecule has 11 nitrogen and oxygen atoms in total. The van der Waals surface area contributed by atoms with Gasteiger partial charge in [-0.1, -0.05) is 109 Å². The average molecular weight is 622 g/mol. The van der Waals surface area contributed by atoms with Crippen LogP contribution in [0.4, 0.5) is 10.5 Å². The predicted octanol–water partition coefficient (Wildman–Crippen LogP) is 4.83. The van der Waals surface area contributed by atoms with E-state index in [1.807, 2.05) is 60.7 Å². The molecule has 46 heavy (non-hydrogen) atoms. The van der Waals surface area contributed by atoms with Crippen molar-refractivity contribution in [1.29, 1.82) is 5.41 Å². The summed E-state index contributed by atoms with van der Waals surface area (Å²) in [5.74, 6) is -2.16. The molecule has 0 spiro atoms. The number of ether oxygens (including phenoxy) is 1. The van der Waals surface area contributed by atoms with Gasteiger partial charge in [-0.15, -0.1) is 5.10 Å². The second-order valence-electron chi connectivity index (χ2n) is 10.8. The highest BCUT2D eigenvalue weighted by atomic mass is 16.6. The Labute approximate surface area is 268 Å². The molecule has 1 amide bonds. The summed E-state index contributed by atoms with van der Waals surface area (Å²) in [5.41, 5.74) is 17.7. The van der Waals surface area contributed by atoms with Crippen LogP contribution in [0.15, 0.2) is 126 Å². The highest BCUT2D eigenvalue weighted by molar-refractivity contribution is 5.99. The summed E-state index contributed by atoms with van der Waals surface area (Å²) in [6.07, 6.45) is -0.0624. The van der Waals surface area contributed by atoms with Crippen LogP contribution in [-0.4, -0.2) is 40.6 Å². The third-order valence-electron chi connectivity index (χ3n) is 7.62. The summed E-state index contributed by atoms with van der Waals surface area (Å²) >= 11 is 0. The Morgan fingerprint density at radius 3 is 1.85 bits per heavy atom. The van der Waals surface area contributed by atoms with E-state index in [1.54, 1.807) is 60.7 Å². The first-order valence-corrected chi connectivity index (χ1v) is 14.8. The Kier molecular flexibility index (Phi) is 11.3. The molecule has 0 aliphatic rings. The van der Waals surface area contributed by atoms with E-state index in [2.05, 4.69) is 5.10 Å². The quantitative estimate of drug-likeness (QED) is 0.0753. The van der Waals surface area contributed by atoms with Crippen LogP contribution >= 0.6 is 0 Å². The first-order valence-electron chi connectivity index (χ1n) is 14.8. The van der Waals surface area contributed by atoms with Gasteiger partial charge in [-0.05, 0) is 54.0 Å². The standard InChI is InChI=1S/C35H39N7O4/c36-32(37)40-41(33(38)39)24-28(23-26-13-5-1-6-14-26)21-22-35(31(43)44,29-17-9-3-10-18-29)42(30-19-11-4-12-20-30)34(45)46-25-27-15-7-2-8-16-27/h1-20,28H,21-25H2,(H3,38,39)(H,43,44)(H4,36,37,40)/t28?,35-/m0/s1. The smallest absolute Gasteiger partial charge is 0.415 e. The number of benzene rings is 4. The molecule has 4 rings (SSSR count). The molecule has 0 bridgehead atoms. The molecule has 0 radical (unpaired) electrons. The SMILES string of the molecule is N=C(N)N(CC(CC[C@@](C(=O)O)(c1ccccc1)N(C(=O)OCc1ccccc1)c1ccccc1)Cc1ccccc1)N=C(N)N. The number of aliphatic carboxylic acids is 1. The summed E-state index contributed by atoms with van der Waals surface area (Å²) in [7, 11) is 0. The largest absolute Gasteiger partial charge is 0.479 e. The lowest BCUT2D eigenvalue weighted by atomic mass is 9.80. The number of hydrogen-bond acceptors (Lipinski definition) is 5. The van der Waals surface area contributed by atoms with Gasteiger partial charge in [0.15, 0.2) is 5.54 Å². The molecule has 11 heteroatoms. The van der Waals surface area contributed by atoms with E-state index < -0.39 is 17.6 Å². The number of amides is 1. The Morgan fingerprint density at radius 2 is 1.33 bits per heavy atom. The van der Waals surface area contributed by atoms with Gasteiger partial charge in [-0.2, -0.15) is 0 Å². The van der Waals surface area contributed by atoms with Gasteiger partial charge in [0, 0.05) is 12.2 Å². The van der Waals surface area contributed by atoms with Gasteiger partial charge in [0.1, 0.15) is 6.61 Å². The van der Waals surface area contributed by atoms with E-state index >= 15 is 0 Å². The number of carboxylic acids is 1. The predicted molar refractivity (Wildman–Crippen MR) is 179 cm³/mol. The number of hydrogen-bond donors (Lipinski definition) is 5. The first kappa shape index (κ1) is 33.1. The summed E-state index contributed by atoms with van der Waals surface area (Å²) in [6.45, 7) is 0.0760. The maximum atomic E-state index is 14.1. The molecule has 0 heterocycles. The van der Waals surface area contributed by atoms with Crippen molar-refractivity contribution in [2.75, 3.05) is 11.4 Å². The second kappa shape index (κ2) is 15.8. The van der Waals surface area contributed by atoms with Crippen molar-refractivity contribution >= 4 is 29.7 Å². The van der Waals surface area contributed by atoms with Crippen LogP contribution in [0.5, 0.6) is 0 Å². The first-order chi connectivity index (χ1) is 22.2. The van der Waals surface area contributed by atoms with Crippen molar-refractivity contribution in [2.45, 2.75) is 31.4 Å². The van der Waals surface area contributed by atoms with E-state index in [4.69, 9.17) is 27.3 Å². The molecule has 0 aromatic heterocycles. The summed E-state index contributed by atoms with van der Waals surface area (Å²) in [5, 5.41) is 24.4. The summed E-state index contributed by atoms with van der Waals surface area (Å²) in [4.78, 5) is 29.0. The van der Waals surface area contributed by atoms with E-state index in [0.29, 0.717) is 17.7 Å². The molecular weight excluding hydrogens is 582 g/mol. The number of carboxylic acid groups (broad SMARTS) is 1. The molecule has 0 saturated carbocycles. The summed E-state index contributed by atoms with van der Waals surface area (Å²) in [6, 6.07) is 36.1. The van der Waals surface area contributed by atoms with Crippen molar-refractivity contribution in [3.8, 4) is 0 Å². The Hall–Kier alpha value is -5.84. The summed E-state index contributed by atoms with van der Waals surface area (Å²) < 4.78 is 5.79. The van der Waals surface area contributed by atoms with Gasteiger partial charge in [0.25, 0.3) is 0 Å². The van der Waals surface area contributed by atoms with Gasteiger partial charge in [0.2, 0.25) is 11.9 Å². The fourth-order valence-electron chi connectivity index (χ4n) is 5.46. The van der Waals surface area contributed by atoms with E-state index in [1.165, 1.54) is 9.91 Å². The minimum Gasteiger partial charge on any atom is -0.479 e. The van der Waals surface area contributed by atoms with Crippen molar-refractivity contribution < 1.29 is 19.4 Å². The molecule has 8 N–H and O–H groups in total. The van der Waals surface area contributed by atoms with Gasteiger partial charge >= 0.3 is 12.1 Å². The molecule has 2 atom stereocenters. The van der Waals surface area contributed by atoms with Gasteiger partial charge in [0.05, 0.1) is 0 Å². The number of anilines is 1. The molecule has 0 aliphatic heterocycles. The van der Waals surface area contributed by atoms with Gasteiger partial charge < -0.3 is 27.0 Å². The van der Waals surface area contributed by atoms with Crippen LogP contribution in [0.1, 0.15) is 29.5 Å². The maximum absolute atomic E-state index is 14.1. The number of carbonyl (C=O) groups excluding carboxylic acids is 1. The van der Waals surface area contributed by atoms with Gasteiger partial charge in [-0.3, -0.25) is 10.3 Å². The monoisotopic (exact) mass is 621 g/mol. The zero-order valence-corrected chi connectivity index (χ0v) is 25.4. The van der Waals surface area contributed by atoms with E-state index in [0.717, 1.165) is 11.1 Å². The molecule has 0 fully saturated rings. The minimum atomic E-state index is -1.89. The van der Waals surface area contributed by atoms with Crippen LogP contribution in [0.25, 0.3) is 0 Å². The Morgan fingerprint density at radius 1 is 0.804 bits per heavy atom. The topological polar surface area (TPSA) is 184 Å². The highest BCUT2D eigenvalue weighted by Gasteiger charge is 2.50. The highest BCUT2D eigenvalue weighted by Crippen LogP contribution is 2.40. The lowest BCUT2D eigenvalue weighted by molar-refractivity contribution is -0.144.